The van der Waals surface area contributed by atoms with Crippen LogP contribution in [0, 0.1) is 27.7 Å². The van der Waals surface area contributed by atoms with Crippen LogP contribution < -0.4 is 5.32 Å². The highest BCUT2D eigenvalue weighted by atomic mass is 35.5. The van der Waals surface area contributed by atoms with E-state index in [0.29, 0.717) is 24.4 Å². The van der Waals surface area contributed by atoms with Crippen molar-refractivity contribution in [3.8, 4) is 0 Å². The van der Waals surface area contributed by atoms with Crippen LogP contribution in [0.5, 0.6) is 0 Å². The second kappa shape index (κ2) is 6.34. The van der Waals surface area contributed by atoms with Crippen molar-refractivity contribution >= 4 is 23.2 Å². The molecule has 1 aromatic carbocycles. The Hall–Kier alpha value is -1.76. The van der Waals surface area contributed by atoms with Crippen LogP contribution in [0.1, 0.15) is 29.6 Å². The summed E-state index contributed by atoms with van der Waals surface area (Å²) in [5.41, 5.74) is -1.24. The van der Waals surface area contributed by atoms with E-state index in [-0.39, 0.29) is 12.0 Å². The zero-order valence-corrected chi connectivity index (χ0v) is 11.7. The normalized spacial score (nSPS) is 21.3. The van der Waals surface area contributed by atoms with Gasteiger partial charge in [0.15, 0.2) is 11.6 Å². The van der Waals surface area contributed by atoms with Gasteiger partial charge in [0.05, 0.1) is 11.0 Å². The number of hydrogen-bond acceptors (Lipinski definition) is 3. The van der Waals surface area contributed by atoms with Gasteiger partial charge in [-0.3, -0.25) is 14.9 Å². The Labute approximate surface area is 124 Å². The van der Waals surface area contributed by atoms with Crippen LogP contribution in [0.25, 0.3) is 0 Å². The number of alkyl halides is 1. The Morgan fingerprint density at radius 3 is 2.67 bits per heavy atom. The highest BCUT2D eigenvalue weighted by molar-refractivity contribution is 6.18. The molecule has 0 aromatic heterocycles. The van der Waals surface area contributed by atoms with E-state index in [2.05, 4.69) is 5.32 Å². The third kappa shape index (κ3) is 3.29. The molecule has 1 aliphatic carbocycles. The first-order valence-electron chi connectivity index (χ1n) is 6.44. The summed E-state index contributed by atoms with van der Waals surface area (Å²) >= 11 is 5.79. The molecular formula is C13H13ClF2N2O3. The minimum atomic E-state index is -1.36. The lowest BCUT2D eigenvalue weighted by Gasteiger charge is -2.18. The van der Waals surface area contributed by atoms with Gasteiger partial charge in [0, 0.05) is 11.9 Å². The van der Waals surface area contributed by atoms with Gasteiger partial charge in [-0.15, -0.1) is 11.6 Å². The topological polar surface area (TPSA) is 72.2 Å². The van der Waals surface area contributed by atoms with Crippen LogP contribution in [0.3, 0.4) is 0 Å². The Morgan fingerprint density at radius 1 is 1.38 bits per heavy atom. The predicted molar refractivity (Wildman–Crippen MR) is 72.3 cm³/mol. The zero-order chi connectivity index (χ0) is 15.6. The van der Waals surface area contributed by atoms with E-state index in [4.69, 9.17) is 11.6 Å². The number of nitro groups is 1. The van der Waals surface area contributed by atoms with Crippen molar-refractivity contribution in [2.45, 2.75) is 25.3 Å². The first-order chi connectivity index (χ1) is 9.93. The second-order valence-corrected chi connectivity index (χ2v) is 5.27. The highest BCUT2D eigenvalue weighted by Gasteiger charge is 2.31. The summed E-state index contributed by atoms with van der Waals surface area (Å²) in [6.45, 7) is 0. The van der Waals surface area contributed by atoms with Crippen molar-refractivity contribution < 1.29 is 18.5 Å². The number of benzene rings is 1. The van der Waals surface area contributed by atoms with Crippen LogP contribution in [0.2, 0.25) is 0 Å². The molecule has 114 valence electrons. The van der Waals surface area contributed by atoms with Gasteiger partial charge in [0.2, 0.25) is 0 Å². The van der Waals surface area contributed by atoms with Crippen molar-refractivity contribution in [2.75, 3.05) is 5.88 Å². The Bertz CT molecular complexity index is 583. The van der Waals surface area contributed by atoms with Crippen LogP contribution in [0.15, 0.2) is 12.1 Å². The lowest BCUT2D eigenvalue weighted by molar-refractivity contribution is -0.385. The Balaban J connectivity index is 2.26. The maximum absolute atomic E-state index is 13.2. The fourth-order valence-corrected chi connectivity index (χ4v) is 2.90. The third-order valence-corrected chi connectivity index (χ3v) is 4.05. The van der Waals surface area contributed by atoms with Crippen LogP contribution in [-0.4, -0.2) is 22.8 Å². The van der Waals surface area contributed by atoms with Crippen LogP contribution in [0.4, 0.5) is 14.5 Å². The number of nitrogens with zero attached hydrogens (tertiary/aromatic N) is 1. The third-order valence-electron chi connectivity index (χ3n) is 3.65. The number of amides is 1. The molecule has 0 aliphatic heterocycles. The summed E-state index contributed by atoms with van der Waals surface area (Å²) in [5, 5.41) is 13.5. The smallest absolute Gasteiger partial charge is 0.285 e. The first kappa shape index (κ1) is 15.6. The van der Waals surface area contributed by atoms with Gasteiger partial charge in [-0.25, -0.2) is 8.78 Å². The number of halogens is 3. The molecule has 21 heavy (non-hydrogen) atoms. The summed E-state index contributed by atoms with van der Waals surface area (Å²) in [5.74, 6) is -3.00. The summed E-state index contributed by atoms with van der Waals surface area (Å²) in [6, 6.07) is 0.758. The average Bonchev–Trinajstić information content (AvgIpc) is 2.88. The molecule has 2 unspecified atom stereocenters. The molecule has 0 saturated heterocycles. The number of rotatable bonds is 4. The zero-order valence-electron chi connectivity index (χ0n) is 10.9. The van der Waals surface area contributed by atoms with Gasteiger partial charge in [-0.05, 0) is 24.8 Å². The molecule has 0 bridgehead atoms. The molecule has 0 radical (unpaired) electrons. The molecule has 1 saturated carbocycles. The van der Waals surface area contributed by atoms with E-state index in [1.54, 1.807) is 0 Å². The molecule has 1 aromatic rings. The van der Waals surface area contributed by atoms with E-state index in [1.807, 2.05) is 0 Å². The summed E-state index contributed by atoms with van der Waals surface area (Å²) in [7, 11) is 0. The number of hydrogen-bond donors (Lipinski definition) is 1. The molecular weight excluding hydrogens is 306 g/mol. The molecule has 0 heterocycles. The minimum absolute atomic E-state index is 0.0833. The maximum atomic E-state index is 13.2. The van der Waals surface area contributed by atoms with E-state index < -0.39 is 33.7 Å². The average molecular weight is 319 g/mol. The molecule has 1 N–H and O–H groups in total. The molecule has 1 amide bonds. The van der Waals surface area contributed by atoms with Gasteiger partial charge in [-0.1, -0.05) is 6.42 Å². The van der Waals surface area contributed by atoms with Crippen molar-refractivity contribution in [1.82, 2.24) is 5.32 Å². The monoisotopic (exact) mass is 318 g/mol. The largest absolute Gasteiger partial charge is 0.349 e. The molecule has 2 rings (SSSR count). The summed E-state index contributed by atoms with van der Waals surface area (Å²) < 4.78 is 26.3. The van der Waals surface area contributed by atoms with E-state index >= 15 is 0 Å². The van der Waals surface area contributed by atoms with Gasteiger partial charge in [0.25, 0.3) is 11.6 Å². The number of carbonyl (C=O) groups excluding carboxylic acids is 1. The minimum Gasteiger partial charge on any atom is -0.349 e. The predicted octanol–water partition coefficient (Wildman–Crippen LogP) is 3.01. The van der Waals surface area contributed by atoms with Crippen LogP contribution in [-0.2, 0) is 0 Å². The van der Waals surface area contributed by atoms with E-state index in [0.717, 1.165) is 12.8 Å². The van der Waals surface area contributed by atoms with Crippen LogP contribution >= 0.6 is 11.6 Å². The SMILES string of the molecule is O=C(NC1CCCC1CCl)c1cc(F)c(F)cc1[N+](=O)[O-]. The molecule has 8 heteroatoms. The van der Waals surface area contributed by atoms with Crippen molar-refractivity contribution in [2.24, 2.45) is 5.92 Å². The Kier molecular flexibility index (Phi) is 4.72. The van der Waals surface area contributed by atoms with Crippen molar-refractivity contribution in [1.29, 1.82) is 0 Å². The fourth-order valence-electron chi connectivity index (χ4n) is 2.53. The fraction of sp³-hybridized carbons (Fsp3) is 0.462. The van der Waals surface area contributed by atoms with E-state index in [1.165, 1.54) is 0 Å². The lowest BCUT2D eigenvalue weighted by atomic mass is 10.1. The summed E-state index contributed by atoms with van der Waals surface area (Å²) in [6.07, 6.45) is 2.46. The molecule has 0 spiro atoms. The molecule has 5 nitrogen and oxygen atoms in total. The number of nitro benzene ring substituents is 1. The van der Waals surface area contributed by atoms with Gasteiger partial charge < -0.3 is 5.32 Å². The van der Waals surface area contributed by atoms with Gasteiger partial charge >= 0.3 is 0 Å². The van der Waals surface area contributed by atoms with Gasteiger partial charge in [-0.2, -0.15) is 0 Å². The highest BCUT2D eigenvalue weighted by Crippen LogP contribution is 2.28. The number of nitrogens with one attached hydrogen (secondary N) is 1. The molecule has 1 aliphatic rings. The Morgan fingerprint density at radius 2 is 2.05 bits per heavy atom. The summed E-state index contributed by atoms with van der Waals surface area (Å²) in [4.78, 5) is 22.1. The standard InChI is InChI=1S/C13H13ClF2N2O3/c14-6-7-2-1-3-11(7)17-13(19)8-4-9(15)10(16)5-12(8)18(20)21/h4-5,7,11H,1-3,6H2,(H,17,19). The van der Waals surface area contributed by atoms with E-state index in [9.17, 15) is 23.7 Å². The van der Waals surface area contributed by atoms with Crippen molar-refractivity contribution in [3.63, 3.8) is 0 Å². The lowest BCUT2D eigenvalue weighted by Crippen LogP contribution is -2.38. The molecule has 1 fully saturated rings. The van der Waals surface area contributed by atoms with Crippen molar-refractivity contribution in [3.05, 3.63) is 39.4 Å². The van der Waals surface area contributed by atoms with Gasteiger partial charge in [0.1, 0.15) is 5.56 Å². The number of carbonyl (C=O) groups is 1. The second-order valence-electron chi connectivity index (χ2n) is 4.97. The maximum Gasteiger partial charge on any atom is 0.285 e. The quantitative estimate of drug-likeness (QED) is 0.527. The first-order valence-corrected chi connectivity index (χ1v) is 6.97. The molecule has 2 atom stereocenters.